The first-order chi connectivity index (χ1) is 15.9. The number of aromatic nitrogens is 3. The summed E-state index contributed by atoms with van der Waals surface area (Å²) in [6.07, 6.45) is 2.73. The summed E-state index contributed by atoms with van der Waals surface area (Å²) in [5.74, 6) is 0.563. The molecular weight excluding hydrogens is 420 g/mol. The molecule has 2 N–H and O–H groups in total. The van der Waals surface area contributed by atoms with Gasteiger partial charge < -0.3 is 20.1 Å². The molecule has 9 heteroatoms. The first-order valence-corrected chi connectivity index (χ1v) is 10.6. The monoisotopic (exact) mass is 444 g/mol. The molecule has 1 saturated heterocycles. The predicted molar refractivity (Wildman–Crippen MR) is 122 cm³/mol. The fourth-order valence-electron chi connectivity index (χ4n) is 3.60. The van der Waals surface area contributed by atoms with Crippen molar-refractivity contribution in [3.63, 3.8) is 0 Å². The average molecular weight is 444 g/mol. The van der Waals surface area contributed by atoms with Gasteiger partial charge in [0.25, 0.3) is 5.91 Å². The number of carbonyl (C=O) groups is 1. The largest absolute Gasteiger partial charge is 0.487 e. The predicted octanol–water partition coefficient (Wildman–Crippen LogP) is 2.82. The highest BCUT2D eigenvalue weighted by atomic mass is 16.5. The molecule has 1 unspecified atom stereocenters. The fourth-order valence-corrected chi connectivity index (χ4v) is 3.60. The number of likely N-dealkylation sites (tertiary alicyclic amines) is 1. The van der Waals surface area contributed by atoms with Gasteiger partial charge in [-0.3, -0.25) is 9.78 Å². The molecule has 0 radical (unpaired) electrons. The lowest BCUT2D eigenvalue weighted by molar-refractivity contribution is -0.138. The second-order valence-electron chi connectivity index (χ2n) is 7.89. The van der Waals surface area contributed by atoms with Crippen LogP contribution in [-0.2, 0) is 4.79 Å². The highest BCUT2D eigenvalue weighted by molar-refractivity contribution is 5.80. The number of ether oxygens (including phenoxy) is 1. The SMILES string of the molecule is Cc1ccc(Nc2nccc(-c3ccc(OC4CCN(C(=O)[C@H](C)O)C4)c(C#N)c3)n2)cn1. The van der Waals surface area contributed by atoms with Gasteiger partial charge in [0.1, 0.15) is 24.0 Å². The van der Waals surface area contributed by atoms with Crippen LogP contribution in [0.4, 0.5) is 11.6 Å². The van der Waals surface area contributed by atoms with E-state index >= 15 is 0 Å². The number of carbonyl (C=O) groups excluding carboxylic acids is 1. The molecule has 0 spiro atoms. The number of nitrogens with zero attached hydrogens (tertiary/aromatic N) is 5. The van der Waals surface area contributed by atoms with E-state index in [-0.39, 0.29) is 12.0 Å². The Morgan fingerprint density at radius 2 is 2.15 bits per heavy atom. The van der Waals surface area contributed by atoms with Gasteiger partial charge in [0.15, 0.2) is 0 Å². The number of hydrogen-bond donors (Lipinski definition) is 2. The summed E-state index contributed by atoms with van der Waals surface area (Å²) in [5, 5.41) is 22.3. The third kappa shape index (κ3) is 5.25. The van der Waals surface area contributed by atoms with Crippen LogP contribution >= 0.6 is 0 Å². The first kappa shape index (κ1) is 22.2. The quantitative estimate of drug-likeness (QED) is 0.595. The van der Waals surface area contributed by atoms with Crippen LogP contribution in [0.3, 0.4) is 0 Å². The van der Waals surface area contributed by atoms with Crippen molar-refractivity contribution in [2.45, 2.75) is 32.5 Å². The Hall–Kier alpha value is -4.03. The molecule has 3 aromatic rings. The lowest BCUT2D eigenvalue weighted by Gasteiger charge is -2.19. The molecule has 1 amide bonds. The van der Waals surface area contributed by atoms with E-state index in [4.69, 9.17) is 4.74 Å². The maximum Gasteiger partial charge on any atom is 0.251 e. The van der Waals surface area contributed by atoms with E-state index < -0.39 is 6.10 Å². The van der Waals surface area contributed by atoms with Gasteiger partial charge >= 0.3 is 0 Å². The molecule has 2 atom stereocenters. The molecule has 2 aromatic heterocycles. The lowest BCUT2D eigenvalue weighted by atomic mass is 10.1. The Balaban J connectivity index is 1.49. The summed E-state index contributed by atoms with van der Waals surface area (Å²) in [6, 6.07) is 13.0. The van der Waals surface area contributed by atoms with Crippen molar-refractivity contribution in [2.24, 2.45) is 0 Å². The minimum absolute atomic E-state index is 0.233. The molecular formula is C24H24N6O3. The Bertz CT molecular complexity index is 1190. The molecule has 1 aliphatic heterocycles. The number of amides is 1. The van der Waals surface area contributed by atoms with Crippen molar-refractivity contribution in [2.75, 3.05) is 18.4 Å². The molecule has 0 aliphatic carbocycles. The maximum absolute atomic E-state index is 12.0. The van der Waals surface area contributed by atoms with Crippen molar-refractivity contribution in [1.82, 2.24) is 19.9 Å². The minimum atomic E-state index is -1.03. The van der Waals surface area contributed by atoms with Gasteiger partial charge in [0.2, 0.25) is 5.95 Å². The highest BCUT2D eigenvalue weighted by Gasteiger charge is 2.30. The Morgan fingerprint density at radius 3 is 2.88 bits per heavy atom. The third-order valence-corrected chi connectivity index (χ3v) is 5.33. The van der Waals surface area contributed by atoms with E-state index in [0.717, 1.165) is 16.9 Å². The second kappa shape index (κ2) is 9.63. The normalized spacial score (nSPS) is 16.2. The van der Waals surface area contributed by atoms with Gasteiger partial charge in [0, 0.05) is 30.4 Å². The van der Waals surface area contributed by atoms with Crippen molar-refractivity contribution >= 4 is 17.5 Å². The van der Waals surface area contributed by atoms with Gasteiger partial charge in [-0.25, -0.2) is 9.97 Å². The number of nitrogens with one attached hydrogen (secondary N) is 1. The summed E-state index contributed by atoms with van der Waals surface area (Å²) in [4.78, 5) is 26.6. The highest BCUT2D eigenvalue weighted by Crippen LogP contribution is 2.28. The average Bonchev–Trinajstić information content (AvgIpc) is 3.29. The van der Waals surface area contributed by atoms with Gasteiger partial charge in [-0.2, -0.15) is 5.26 Å². The second-order valence-corrected chi connectivity index (χ2v) is 7.89. The summed E-state index contributed by atoms with van der Waals surface area (Å²) < 4.78 is 6.01. The van der Waals surface area contributed by atoms with Crippen molar-refractivity contribution in [1.29, 1.82) is 5.26 Å². The zero-order valence-electron chi connectivity index (χ0n) is 18.4. The molecule has 1 fully saturated rings. The third-order valence-electron chi connectivity index (χ3n) is 5.33. The van der Waals surface area contributed by atoms with Gasteiger partial charge in [-0.05, 0) is 50.2 Å². The molecule has 33 heavy (non-hydrogen) atoms. The topological polar surface area (TPSA) is 124 Å². The minimum Gasteiger partial charge on any atom is -0.487 e. The molecule has 0 bridgehead atoms. The number of benzene rings is 1. The van der Waals surface area contributed by atoms with Crippen molar-refractivity contribution < 1.29 is 14.6 Å². The number of pyridine rings is 1. The fraction of sp³-hybridized carbons (Fsp3) is 0.292. The summed E-state index contributed by atoms with van der Waals surface area (Å²) in [5.41, 5.74) is 3.48. The van der Waals surface area contributed by atoms with E-state index in [2.05, 4.69) is 26.3 Å². The Labute approximate surface area is 191 Å². The maximum atomic E-state index is 12.0. The van der Waals surface area contributed by atoms with Crippen LogP contribution < -0.4 is 10.1 Å². The van der Waals surface area contributed by atoms with Crippen LogP contribution in [0.15, 0.2) is 48.8 Å². The smallest absolute Gasteiger partial charge is 0.251 e. The zero-order chi connectivity index (χ0) is 23.4. The van der Waals surface area contributed by atoms with Gasteiger partial charge in [-0.15, -0.1) is 0 Å². The van der Waals surface area contributed by atoms with Gasteiger partial charge in [0.05, 0.1) is 29.7 Å². The van der Waals surface area contributed by atoms with Crippen LogP contribution in [0, 0.1) is 18.3 Å². The standard InChI is InChI=1S/C24H24N6O3/c1-15-3-5-19(13-27-15)28-24-26-9-7-21(29-24)17-4-6-22(18(11-17)12-25)33-20-8-10-30(14-20)23(32)16(2)31/h3-7,9,11,13,16,20,31H,8,10,14H2,1-2H3,(H,26,28,29)/t16-,20?/m0/s1. The molecule has 9 nitrogen and oxygen atoms in total. The van der Waals surface area contributed by atoms with Crippen LogP contribution in [-0.4, -0.2) is 56.2 Å². The number of aryl methyl sites for hydroxylation is 1. The van der Waals surface area contributed by atoms with Crippen molar-refractivity contribution in [3.8, 4) is 23.1 Å². The van der Waals surface area contributed by atoms with E-state index in [0.29, 0.717) is 42.5 Å². The molecule has 3 heterocycles. The Kier molecular flexibility index (Phi) is 6.47. The van der Waals surface area contributed by atoms with Crippen LogP contribution in [0.5, 0.6) is 5.75 Å². The van der Waals surface area contributed by atoms with Crippen LogP contribution in [0.2, 0.25) is 0 Å². The number of hydrogen-bond acceptors (Lipinski definition) is 8. The number of aliphatic hydroxyl groups is 1. The molecule has 1 aromatic carbocycles. The van der Waals surface area contributed by atoms with E-state index in [1.807, 2.05) is 25.1 Å². The molecule has 168 valence electrons. The Morgan fingerprint density at radius 1 is 1.30 bits per heavy atom. The van der Waals surface area contributed by atoms with Crippen LogP contribution in [0.1, 0.15) is 24.6 Å². The molecule has 4 rings (SSSR count). The summed E-state index contributed by atoms with van der Waals surface area (Å²) >= 11 is 0. The van der Waals surface area contributed by atoms with E-state index in [1.165, 1.54) is 6.92 Å². The van der Waals surface area contributed by atoms with Crippen LogP contribution in [0.25, 0.3) is 11.3 Å². The first-order valence-electron chi connectivity index (χ1n) is 10.6. The summed E-state index contributed by atoms with van der Waals surface area (Å²) in [6.45, 7) is 4.26. The van der Waals surface area contributed by atoms with Gasteiger partial charge in [-0.1, -0.05) is 0 Å². The number of nitriles is 1. The van der Waals surface area contributed by atoms with Crippen molar-refractivity contribution in [3.05, 3.63) is 60.0 Å². The van der Waals surface area contributed by atoms with E-state index in [9.17, 15) is 15.2 Å². The number of aliphatic hydroxyl groups excluding tert-OH is 1. The van der Waals surface area contributed by atoms with E-state index in [1.54, 1.807) is 35.5 Å². The molecule has 0 saturated carbocycles. The zero-order valence-corrected chi connectivity index (χ0v) is 18.4. The molecule has 1 aliphatic rings. The number of rotatable bonds is 6. The summed E-state index contributed by atoms with van der Waals surface area (Å²) in [7, 11) is 0. The number of anilines is 2. The lowest BCUT2D eigenvalue weighted by Crippen LogP contribution is -2.37.